The Morgan fingerprint density at radius 1 is 1.23 bits per heavy atom. The molecule has 0 aliphatic carbocycles. The molecule has 6 nitrogen and oxygen atoms in total. The van der Waals surface area contributed by atoms with Gasteiger partial charge in [-0.05, 0) is 42.7 Å². The third-order valence-corrected chi connectivity index (χ3v) is 5.38. The Kier molecular flexibility index (Phi) is 7.58. The summed E-state index contributed by atoms with van der Waals surface area (Å²) in [6, 6.07) is 10.2. The van der Waals surface area contributed by atoms with E-state index < -0.39 is 18.0 Å². The lowest BCUT2D eigenvalue weighted by atomic mass is 9.91. The Morgan fingerprint density at radius 3 is 2.63 bits per heavy atom. The van der Waals surface area contributed by atoms with Crippen molar-refractivity contribution in [3.8, 4) is 11.5 Å². The maximum atomic E-state index is 12.0. The molecule has 1 aliphatic heterocycles. The van der Waals surface area contributed by atoms with Crippen molar-refractivity contribution in [2.75, 3.05) is 6.61 Å². The van der Waals surface area contributed by atoms with E-state index >= 15 is 0 Å². The normalized spacial score (nSPS) is 18.6. The molecule has 160 valence electrons. The molecule has 0 saturated carbocycles. The summed E-state index contributed by atoms with van der Waals surface area (Å²) in [7, 11) is 0. The SMILES string of the molecule is CC(=O)Oc1ccc(COc2cc(Cl)cc(Cl)c2CCC2C(=O)OCCC2O)cc1. The fourth-order valence-corrected chi connectivity index (χ4v) is 3.86. The van der Waals surface area contributed by atoms with Crippen molar-refractivity contribution in [1.29, 1.82) is 0 Å². The van der Waals surface area contributed by atoms with Gasteiger partial charge in [0.1, 0.15) is 18.1 Å². The Bertz CT molecular complexity index is 913. The van der Waals surface area contributed by atoms with E-state index in [0.29, 0.717) is 46.4 Å². The summed E-state index contributed by atoms with van der Waals surface area (Å²) < 4.78 is 16.0. The van der Waals surface area contributed by atoms with E-state index in [9.17, 15) is 14.7 Å². The van der Waals surface area contributed by atoms with Crippen LogP contribution in [0.15, 0.2) is 36.4 Å². The van der Waals surface area contributed by atoms with E-state index in [1.54, 1.807) is 36.4 Å². The molecule has 8 heteroatoms. The number of aliphatic hydroxyl groups is 1. The minimum atomic E-state index is -0.725. The van der Waals surface area contributed by atoms with Gasteiger partial charge in [-0.25, -0.2) is 0 Å². The van der Waals surface area contributed by atoms with Gasteiger partial charge in [0.15, 0.2) is 0 Å². The van der Waals surface area contributed by atoms with Crippen LogP contribution in [0, 0.1) is 5.92 Å². The number of hydrogen-bond acceptors (Lipinski definition) is 6. The Balaban J connectivity index is 1.70. The van der Waals surface area contributed by atoms with Gasteiger partial charge in [0, 0.05) is 29.0 Å². The number of carbonyl (C=O) groups excluding carboxylic acids is 2. The molecule has 1 N–H and O–H groups in total. The van der Waals surface area contributed by atoms with Gasteiger partial charge in [-0.1, -0.05) is 35.3 Å². The highest BCUT2D eigenvalue weighted by atomic mass is 35.5. The number of ether oxygens (including phenoxy) is 3. The van der Waals surface area contributed by atoms with Crippen LogP contribution in [0.4, 0.5) is 0 Å². The molecular weight excluding hydrogens is 431 g/mol. The van der Waals surface area contributed by atoms with Crippen LogP contribution in [0.2, 0.25) is 10.0 Å². The third kappa shape index (κ3) is 5.88. The van der Waals surface area contributed by atoms with E-state index in [0.717, 1.165) is 5.56 Å². The van der Waals surface area contributed by atoms with Crippen LogP contribution in [0.5, 0.6) is 11.5 Å². The van der Waals surface area contributed by atoms with Crippen LogP contribution < -0.4 is 9.47 Å². The molecule has 2 aromatic rings. The summed E-state index contributed by atoms with van der Waals surface area (Å²) in [4.78, 5) is 23.0. The van der Waals surface area contributed by atoms with E-state index in [-0.39, 0.29) is 19.2 Å². The predicted molar refractivity (Wildman–Crippen MR) is 112 cm³/mol. The van der Waals surface area contributed by atoms with Crippen LogP contribution in [0.25, 0.3) is 0 Å². The molecule has 0 radical (unpaired) electrons. The second-order valence-corrected chi connectivity index (χ2v) is 7.90. The van der Waals surface area contributed by atoms with E-state index in [1.807, 2.05) is 0 Å². The first-order valence-corrected chi connectivity index (χ1v) is 10.3. The van der Waals surface area contributed by atoms with Gasteiger partial charge in [0.25, 0.3) is 0 Å². The van der Waals surface area contributed by atoms with Crippen molar-refractivity contribution in [2.24, 2.45) is 5.92 Å². The second-order valence-electron chi connectivity index (χ2n) is 7.06. The average molecular weight is 453 g/mol. The van der Waals surface area contributed by atoms with Crippen LogP contribution in [-0.2, 0) is 27.4 Å². The van der Waals surface area contributed by atoms with Crippen LogP contribution in [0.3, 0.4) is 0 Å². The van der Waals surface area contributed by atoms with Gasteiger partial charge in [0.05, 0.1) is 18.6 Å². The molecule has 3 rings (SSSR count). The van der Waals surface area contributed by atoms with E-state index in [2.05, 4.69) is 0 Å². The summed E-state index contributed by atoms with van der Waals surface area (Å²) in [5, 5.41) is 11.0. The van der Waals surface area contributed by atoms with Crippen molar-refractivity contribution < 1.29 is 28.9 Å². The van der Waals surface area contributed by atoms with Crippen LogP contribution in [-0.4, -0.2) is 29.8 Å². The Morgan fingerprint density at radius 2 is 1.97 bits per heavy atom. The number of aliphatic hydroxyl groups excluding tert-OH is 1. The number of rotatable bonds is 7. The quantitative estimate of drug-likeness (QED) is 0.496. The summed E-state index contributed by atoms with van der Waals surface area (Å²) in [5.74, 6) is -0.406. The molecule has 2 aromatic carbocycles. The maximum absolute atomic E-state index is 12.0. The largest absolute Gasteiger partial charge is 0.489 e. The summed E-state index contributed by atoms with van der Waals surface area (Å²) in [6.07, 6.45) is 0.511. The number of halogens is 2. The molecule has 2 atom stereocenters. The highest BCUT2D eigenvalue weighted by Gasteiger charge is 2.32. The van der Waals surface area contributed by atoms with E-state index in [4.69, 9.17) is 37.4 Å². The molecule has 0 spiro atoms. The summed E-state index contributed by atoms with van der Waals surface area (Å²) in [5.41, 5.74) is 1.57. The highest BCUT2D eigenvalue weighted by Crippen LogP contribution is 2.34. The fourth-order valence-electron chi connectivity index (χ4n) is 3.29. The van der Waals surface area contributed by atoms with Crippen LogP contribution in [0.1, 0.15) is 30.9 Å². The molecule has 1 fully saturated rings. The topological polar surface area (TPSA) is 82.1 Å². The first-order valence-electron chi connectivity index (χ1n) is 9.56. The van der Waals surface area contributed by atoms with Gasteiger partial charge >= 0.3 is 11.9 Å². The second kappa shape index (κ2) is 10.2. The van der Waals surface area contributed by atoms with Crippen molar-refractivity contribution in [1.82, 2.24) is 0 Å². The Labute approximate surface area is 184 Å². The number of benzene rings is 2. The van der Waals surface area contributed by atoms with Gasteiger partial charge < -0.3 is 19.3 Å². The van der Waals surface area contributed by atoms with Gasteiger partial charge in [-0.3, -0.25) is 9.59 Å². The zero-order valence-corrected chi connectivity index (χ0v) is 17.9. The molecule has 30 heavy (non-hydrogen) atoms. The van der Waals surface area contributed by atoms with E-state index in [1.165, 1.54) is 6.92 Å². The molecule has 0 aromatic heterocycles. The molecule has 1 heterocycles. The number of carbonyl (C=O) groups is 2. The monoisotopic (exact) mass is 452 g/mol. The lowest BCUT2D eigenvalue weighted by Gasteiger charge is -2.26. The molecule has 2 unspecified atom stereocenters. The van der Waals surface area contributed by atoms with Gasteiger partial charge in [-0.15, -0.1) is 0 Å². The summed E-state index contributed by atoms with van der Waals surface area (Å²) >= 11 is 12.5. The molecule has 0 bridgehead atoms. The average Bonchev–Trinajstić information content (AvgIpc) is 2.68. The molecular formula is C22H22Cl2O6. The van der Waals surface area contributed by atoms with Gasteiger partial charge in [0.2, 0.25) is 0 Å². The number of cyclic esters (lactones) is 1. The van der Waals surface area contributed by atoms with Gasteiger partial charge in [-0.2, -0.15) is 0 Å². The van der Waals surface area contributed by atoms with Crippen LogP contribution >= 0.6 is 23.2 Å². The molecule has 1 saturated heterocycles. The van der Waals surface area contributed by atoms with Crippen molar-refractivity contribution in [3.63, 3.8) is 0 Å². The standard InChI is InChI=1S/C22H22Cl2O6/c1-13(25)30-16-4-2-14(3-5-16)12-29-21-11-15(23)10-19(24)17(21)6-7-18-20(26)8-9-28-22(18)27/h2-5,10-11,18,20,26H,6-9,12H2,1H3. The Hall–Kier alpha value is -2.28. The van der Waals surface area contributed by atoms with Crippen molar-refractivity contribution in [3.05, 3.63) is 57.6 Å². The minimum Gasteiger partial charge on any atom is -0.489 e. The first kappa shape index (κ1) is 22.4. The van der Waals surface area contributed by atoms with Crippen molar-refractivity contribution >= 4 is 35.1 Å². The first-order chi connectivity index (χ1) is 14.3. The minimum absolute atomic E-state index is 0.239. The van der Waals surface area contributed by atoms with Crippen molar-refractivity contribution in [2.45, 2.75) is 38.9 Å². The molecule has 1 aliphatic rings. The summed E-state index contributed by atoms with van der Waals surface area (Å²) in [6.45, 7) is 1.83. The smallest absolute Gasteiger partial charge is 0.311 e. The number of esters is 2. The third-order valence-electron chi connectivity index (χ3n) is 4.83. The zero-order valence-electron chi connectivity index (χ0n) is 16.4. The molecule has 0 amide bonds. The highest BCUT2D eigenvalue weighted by molar-refractivity contribution is 6.35. The lowest BCUT2D eigenvalue weighted by Crippen LogP contribution is -2.36. The maximum Gasteiger partial charge on any atom is 0.311 e. The zero-order chi connectivity index (χ0) is 21.7. The lowest BCUT2D eigenvalue weighted by molar-refractivity contribution is -0.160. The fraction of sp³-hybridized carbons (Fsp3) is 0.364. The number of hydrogen-bond donors (Lipinski definition) is 1. The predicted octanol–water partition coefficient (Wildman–Crippen LogP) is 4.35.